The summed E-state index contributed by atoms with van der Waals surface area (Å²) in [5.41, 5.74) is 0.939. The molecule has 19 heavy (non-hydrogen) atoms. The predicted molar refractivity (Wildman–Crippen MR) is 76.5 cm³/mol. The first kappa shape index (κ1) is 14.1. The number of nitrogens with zero attached hydrogens (tertiary/aromatic N) is 1. The Morgan fingerprint density at radius 1 is 1.47 bits per heavy atom. The van der Waals surface area contributed by atoms with Crippen LogP contribution in [-0.2, 0) is 0 Å². The van der Waals surface area contributed by atoms with E-state index in [9.17, 15) is 4.39 Å². The summed E-state index contributed by atoms with van der Waals surface area (Å²) in [5, 5.41) is 3.53. The van der Waals surface area contributed by atoms with Crippen LogP contribution in [0.5, 0.6) is 5.75 Å². The third-order valence-electron chi connectivity index (χ3n) is 3.34. The Bertz CT molecular complexity index is 423. The Labute approximate surface area is 114 Å². The summed E-state index contributed by atoms with van der Waals surface area (Å²) < 4.78 is 19.1. The molecule has 4 heteroatoms. The Morgan fingerprint density at radius 2 is 2.26 bits per heavy atom. The highest BCUT2D eigenvalue weighted by atomic mass is 19.1. The van der Waals surface area contributed by atoms with Crippen molar-refractivity contribution in [3.05, 3.63) is 24.0 Å². The SMILES string of the molecule is CCOc1ccc(N2CCC(NC(C)C)C2)cc1F. The van der Waals surface area contributed by atoms with Crippen LogP contribution >= 0.6 is 0 Å². The molecule has 0 aromatic heterocycles. The molecule has 3 nitrogen and oxygen atoms in total. The third-order valence-corrected chi connectivity index (χ3v) is 3.34. The molecule has 1 aromatic carbocycles. The van der Waals surface area contributed by atoms with Crippen molar-refractivity contribution >= 4 is 5.69 Å². The summed E-state index contributed by atoms with van der Waals surface area (Å²) in [6, 6.07) is 6.21. The minimum absolute atomic E-state index is 0.278. The molecule has 1 fully saturated rings. The predicted octanol–water partition coefficient (Wildman–Crippen LogP) is 2.80. The van der Waals surface area contributed by atoms with E-state index in [4.69, 9.17) is 4.74 Å². The largest absolute Gasteiger partial charge is 0.491 e. The quantitative estimate of drug-likeness (QED) is 0.887. The first-order valence-electron chi connectivity index (χ1n) is 7.03. The molecule has 0 saturated carbocycles. The monoisotopic (exact) mass is 266 g/mol. The van der Waals surface area contributed by atoms with E-state index in [1.807, 2.05) is 13.0 Å². The van der Waals surface area contributed by atoms with Crippen LogP contribution in [-0.4, -0.2) is 31.8 Å². The second-order valence-electron chi connectivity index (χ2n) is 5.30. The summed E-state index contributed by atoms with van der Waals surface area (Å²) in [7, 11) is 0. The molecule has 1 aliphatic heterocycles. The Hall–Kier alpha value is -1.29. The maximum atomic E-state index is 13.8. The highest BCUT2D eigenvalue weighted by Crippen LogP contribution is 2.26. The average molecular weight is 266 g/mol. The lowest BCUT2D eigenvalue weighted by molar-refractivity contribution is 0.321. The molecule has 0 bridgehead atoms. The van der Waals surface area contributed by atoms with Crippen molar-refractivity contribution in [1.29, 1.82) is 0 Å². The van der Waals surface area contributed by atoms with Gasteiger partial charge in [-0.15, -0.1) is 0 Å². The van der Waals surface area contributed by atoms with E-state index >= 15 is 0 Å². The third kappa shape index (κ3) is 3.60. The maximum Gasteiger partial charge on any atom is 0.167 e. The van der Waals surface area contributed by atoms with Crippen LogP contribution in [0, 0.1) is 5.82 Å². The Morgan fingerprint density at radius 3 is 2.89 bits per heavy atom. The highest BCUT2D eigenvalue weighted by Gasteiger charge is 2.23. The van der Waals surface area contributed by atoms with E-state index in [1.165, 1.54) is 0 Å². The first-order chi connectivity index (χ1) is 9.10. The van der Waals surface area contributed by atoms with Gasteiger partial charge in [0.05, 0.1) is 6.61 Å². The number of ether oxygens (including phenoxy) is 1. The fourth-order valence-electron chi connectivity index (χ4n) is 2.56. The molecule has 2 rings (SSSR count). The second kappa shape index (κ2) is 6.24. The molecule has 1 aromatic rings. The first-order valence-corrected chi connectivity index (χ1v) is 7.03. The molecule has 0 spiro atoms. The van der Waals surface area contributed by atoms with Gasteiger partial charge in [0.2, 0.25) is 0 Å². The van der Waals surface area contributed by atoms with Gasteiger partial charge in [-0.05, 0) is 25.5 Å². The fourth-order valence-corrected chi connectivity index (χ4v) is 2.56. The molecule has 1 heterocycles. The van der Waals surface area contributed by atoms with Gasteiger partial charge in [0.15, 0.2) is 11.6 Å². The zero-order valence-corrected chi connectivity index (χ0v) is 11.9. The van der Waals surface area contributed by atoms with Crippen LogP contribution < -0.4 is 15.0 Å². The van der Waals surface area contributed by atoms with Crippen LogP contribution in [0.25, 0.3) is 0 Å². The second-order valence-corrected chi connectivity index (χ2v) is 5.30. The fraction of sp³-hybridized carbons (Fsp3) is 0.600. The summed E-state index contributed by atoms with van der Waals surface area (Å²) in [5.74, 6) is 0.0573. The van der Waals surface area contributed by atoms with Gasteiger partial charge in [0.1, 0.15) is 0 Å². The average Bonchev–Trinajstić information content (AvgIpc) is 2.79. The van der Waals surface area contributed by atoms with Crippen LogP contribution in [0.1, 0.15) is 27.2 Å². The van der Waals surface area contributed by atoms with Crippen LogP contribution in [0.3, 0.4) is 0 Å². The van der Waals surface area contributed by atoms with Crippen molar-refractivity contribution in [2.24, 2.45) is 0 Å². The number of hydrogen-bond donors (Lipinski definition) is 1. The molecule has 0 amide bonds. The van der Waals surface area contributed by atoms with Crippen molar-refractivity contribution in [3.63, 3.8) is 0 Å². The lowest BCUT2D eigenvalue weighted by Gasteiger charge is -2.20. The molecular weight excluding hydrogens is 243 g/mol. The molecule has 0 aliphatic carbocycles. The number of benzene rings is 1. The summed E-state index contributed by atoms with van der Waals surface area (Å²) >= 11 is 0. The van der Waals surface area contributed by atoms with Gasteiger partial charge < -0.3 is 15.0 Å². The van der Waals surface area contributed by atoms with E-state index in [2.05, 4.69) is 24.1 Å². The van der Waals surface area contributed by atoms with Gasteiger partial charge >= 0.3 is 0 Å². The molecule has 106 valence electrons. The minimum atomic E-state index is -0.278. The lowest BCUT2D eigenvalue weighted by atomic mass is 10.2. The number of rotatable bonds is 5. The van der Waals surface area contributed by atoms with Crippen LogP contribution in [0.15, 0.2) is 18.2 Å². The summed E-state index contributed by atoms with van der Waals surface area (Å²) in [6.07, 6.45) is 1.10. The summed E-state index contributed by atoms with van der Waals surface area (Å²) in [4.78, 5) is 2.22. The van der Waals surface area contributed by atoms with E-state index in [0.717, 1.165) is 25.2 Å². The molecular formula is C15H23FN2O. The number of halogens is 1. The van der Waals surface area contributed by atoms with Gasteiger partial charge in [0.25, 0.3) is 0 Å². The molecule has 1 atom stereocenters. The standard InChI is InChI=1S/C15H23FN2O/c1-4-19-15-6-5-13(9-14(15)16)18-8-7-12(10-18)17-11(2)3/h5-6,9,11-12,17H,4,7-8,10H2,1-3H3. The van der Waals surface area contributed by atoms with Crippen molar-refractivity contribution in [2.75, 3.05) is 24.6 Å². The Kier molecular flexibility index (Phi) is 4.64. The zero-order valence-electron chi connectivity index (χ0n) is 11.9. The van der Waals surface area contributed by atoms with Crippen molar-refractivity contribution in [2.45, 2.75) is 39.3 Å². The highest BCUT2D eigenvalue weighted by molar-refractivity contribution is 5.50. The lowest BCUT2D eigenvalue weighted by Crippen LogP contribution is -2.37. The van der Waals surface area contributed by atoms with E-state index in [1.54, 1.807) is 12.1 Å². The Balaban J connectivity index is 2.01. The van der Waals surface area contributed by atoms with Gasteiger partial charge in [0, 0.05) is 36.9 Å². The van der Waals surface area contributed by atoms with E-state index in [-0.39, 0.29) is 5.82 Å². The van der Waals surface area contributed by atoms with Gasteiger partial charge in [-0.3, -0.25) is 0 Å². The number of hydrogen-bond acceptors (Lipinski definition) is 3. The number of anilines is 1. The van der Waals surface area contributed by atoms with Crippen LogP contribution in [0.4, 0.5) is 10.1 Å². The smallest absolute Gasteiger partial charge is 0.167 e. The molecule has 1 unspecified atom stereocenters. The molecule has 1 aliphatic rings. The normalized spacial score (nSPS) is 19.2. The topological polar surface area (TPSA) is 24.5 Å². The molecule has 1 N–H and O–H groups in total. The summed E-state index contributed by atoms with van der Waals surface area (Å²) in [6.45, 7) is 8.55. The van der Waals surface area contributed by atoms with Crippen LogP contribution in [0.2, 0.25) is 0 Å². The number of nitrogens with one attached hydrogen (secondary N) is 1. The zero-order chi connectivity index (χ0) is 13.8. The van der Waals surface area contributed by atoms with Gasteiger partial charge in [-0.1, -0.05) is 13.8 Å². The van der Waals surface area contributed by atoms with Crippen molar-refractivity contribution in [1.82, 2.24) is 5.32 Å². The minimum Gasteiger partial charge on any atom is -0.491 e. The van der Waals surface area contributed by atoms with E-state index < -0.39 is 0 Å². The van der Waals surface area contributed by atoms with Crippen molar-refractivity contribution < 1.29 is 9.13 Å². The van der Waals surface area contributed by atoms with Gasteiger partial charge in [-0.2, -0.15) is 0 Å². The van der Waals surface area contributed by atoms with Gasteiger partial charge in [-0.25, -0.2) is 4.39 Å². The molecule has 1 saturated heterocycles. The maximum absolute atomic E-state index is 13.8. The van der Waals surface area contributed by atoms with E-state index in [0.29, 0.717) is 24.4 Å². The van der Waals surface area contributed by atoms with Crippen molar-refractivity contribution in [3.8, 4) is 5.75 Å². The molecule has 0 radical (unpaired) electrons.